The number of aromatic nitrogens is 2. The van der Waals surface area contributed by atoms with E-state index in [-0.39, 0.29) is 17.6 Å². The van der Waals surface area contributed by atoms with Crippen molar-refractivity contribution in [1.82, 2.24) is 15.1 Å². The van der Waals surface area contributed by atoms with Gasteiger partial charge in [0.15, 0.2) is 0 Å². The minimum atomic E-state index is -4.84. The second-order valence-corrected chi connectivity index (χ2v) is 10.1. The number of nitrogens with one attached hydrogen (secondary N) is 2. The lowest BCUT2D eigenvalue weighted by Gasteiger charge is -2.21. The Labute approximate surface area is 215 Å². The highest BCUT2D eigenvalue weighted by atomic mass is 19.4. The van der Waals surface area contributed by atoms with Gasteiger partial charge in [-0.2, -0.15) is 18.3 Å². The first-order valence-electron chi connectivity index (χ1n) is 11.8. The fourth-order valence-corrected chi connectivity index (χ4v) is 4.38. The molecule has 0 radical (unpaired) electrons. The van der Waals surface area contributed by atoms with E-state index in [4.69, 9.17) is 0 Å². The topological polar surface area (TPSA) is 68.2 Å². The Morgan fingerprint density at radius 3 is 2.29 bits per heavy atom. The molecular formula is C26H26F6N4O2. The number of ether oxygens (including phenoxy) is 1. The molecule has 1 aliphatic rings. The van der Waals surface area contributed by atoms with E-state index in [2.05, 4.69) is 20.5 Å². The van der Waals surface area contributed by atoms with Crippen LogP contribution >= 0.6 is 0 Å². The zero-order valence-corrected chi connectivity index (χ0v) is 20.7. The Hall–Kier alpha value is -3.54. The van der Waals surface area contributed by atoms with Crippen molar-refractivity contribution < 1.29 is 35.9 Å². The Morgan fingerprint density at radius 1 is 1.03 bits per heavy atom. The fraction of sp³-hybridized carbons (Fsp3) is 0.385. The lowest BCUT2D eigenvalue weighted by Crippen LogP contribution is -2.36. The van der Waals surface area contributed by atoms with Crippen LogP contribution in [0, 0.1) is 0 Å². The molecule has 4 rings (SSSR count). The van der Waals surface area contributed by atoms with Crippen molar-refractivity contribution in [3.05, 3.63) is 77.6 Å². The SMILES string of the molecule is CC(C)(C)n1ccc([C@@H]2C[C@@H](C(=O)Nc3ccc(OC(F)(F)F)cc3)N[C@H]2c2cccc(C(F)(F)F)c2)n1. The minimum Gasteiger partial charge on any atom is -0.406 e. The molecule has 204 valence electrons. The number of hydrogen-bond donors (Lipinski definition) is 2. The van der Waals surface area contributed by atoms with Crippen LogP contribution in [0.25, 0.3) is 0 Å². The van der Waals surface area contributed by atoms with Crippen molar-refractivity contribution >= 4 is 11.6 Å². The minimum absolute atomic E-state index is 0.238. The second-order valence-electron chi connectivity index (χ2n) is 10.1. The largest absolute Gasteiger partial charge is 0.573 e. The molecule has 1 fully saturated rings. The second kappa shape index (κ2) is 9.97. The normalized spacial score (nSPS) is 20.4. The standard InChI is InChI=1S/C26H26F6N4O2/c1-24(2,3)36-12-11-20(35-36)19-14-21(34-22(19)15-5-4-6-16(13-15)25(27,28)29)23(37)33-17-7-9-18(10-8-17)38-26(30,31)32/h4-13,19,21-22,34H,14H2,1-3H3,(H,33,37)/t19-,21-,22-/m0/s1. The molecular weight excluding hydrogens is 514 g/mol. The number of nitrogens with zero attached hydrogens (tertiary/aromatic N) is 2. The number of anilines is 1. The van der Waals surface area contributed by atoms with Crippen molar-refractivity contribution in [1.29, 1.82) is 0 Å². The van der Waals surface area contributed by atoms with Gasteiger partial charge in [-0.25, -0.2) is 0 Å². The summed E-state index contributed by atoms with van der Waals surface area (Å²) < 4.78 is 83.0. The molecule has 3 atom stereocenters. The number of alkyl halides is 6. The highest BCUT2D eigenvalue weighted by Gasteiger charge is 2.41. The summed E-state index contributed by atoms with van der Waals surface area (Å²) in [6, 6.07) is 9.95. The number of rotatable bonds is 5. The Balaban J connectivity index is 1.58. The average molecular weight is 541 g/mol. The third kappa shape index (κ3) is 6.47. The van der Waals surface area contributed by atoms with Crippen molar-refractivity contribution in [2.24, 2.45) is 0 Å². The maximum absolute atomic E-state index is 13.4. The van der Waals surface area contributed by atoms with E-state index >= 15 is 0 Å². The van der Waals surface area contributed by atoms with Gasteiger partial charge >= 0.3 is 12.5 Å². The Morgan fingerprint density at radius 2 is 1.71 bits per heavy atom. The van der Waals surface area contributed by atoms with Gasteiger partial charge in [-0.05, 0) is 75.2 Å². The number of hydrogen-bond acceptors (Lipinski definition) is 4. The van der Waals surface area contributed by atoms with Crippen LogP contribution in [0.3, 0.4) is 0 Å². The Bertz CT molecular complexity index is 1280. The van der Waals surface area contributed by atoms with Crippen molar-refractivity contribution in [2.45, 2.75) is 63.3 Å². The van der Waals surface area contributed by atoms with Gasteiger partial charge in [0.2, 0.25) is 5.91 Å². The van der Waals surface area contributed by atoms with Crippen LogP contribution in [0.4, 0.5) is 32.0 Å². The zero-order chi connectivity index (χ0) is 27.9. The lowest BCUT2D eigenvalue weighted by atomic mass is 9.90. The molecule has 0 unspecified atom stereocenters. The van der Waals surface area contributed by atoms with Gasteiger partial charge in [0.1, 0.15) is 5.75 Å². The molecule has 0 spiro atoms. The first-order chi connectivity index (χ1) is 17.6. The summed E-state index contributed by atoms with van der Waals surface area (Å²) in [5, 5.41) is 10.4. The summed E-state index contributed by atoms with van der Waals surface area (Å²) in [4.78, 5) is 13.1. The third-order valence-electron chi connectivity index (χ3n) is 6.19. The van der Waals surface area contributed by atoms with E-state index in [0.29, 0.717) is 11.3 Å². The molecule has 2 N–H and O–H groups in total. The van der Waals surface area contributed by atoms with Crippen LogP contribution in [0.15, 0.2) is 60.8 Å². The van der Waals surface area contributed by atoms with Crippen LogP contribution in [0.2, 0.25) is 0 Å². The van der Waals surface area contributed by atoms with Gasteiger partial charge in [0, 0.05) is 23.8 Å². The number of amides is 1. The summed E-state index contributed by atoms with van der Waals surface area (Å²) in [5.74, 6) is -1.33. The summed E-state index contributed by atoms with van der Waals surface area (Å²) in [7, 11) is 0. The number of carbonyl (C=O) groups is 1. The highest BCUT2D eigenvalue weighted by molar-refractivity contribution is 5.95. The fourth-order valence-electron chi connectivity index (χ4n) is 4.38. The lowest BCUT2D eigenvalue weighted by molar-refractivity contribution is -0.274. The molecule has 0 saturated carbocycles. The van der Waals surface area contributed by atoms with Crippen molar-refractivity contribution in [3.8, 4) is 5.75 Å². The molecule has 1 amide bonds. The van der Waals surface area contributed by atoms with E-state index in [9.17, 15) is 31.1 Å². The van der Waals surface area contributed by atoms with Crippen LogP contribution < -0.4 is 15.4 Å². The molecule has 6 nitrogen and oxygen atoms in total. The van der Waals surface area contributed by atoms with E-state index in [1.165, 1.54) is 18.2 Å². The molecule has 3 aromatic rings. The molecule has 1 aliphatic heterocycles. The third-order valence-corrected chi connectivity index (χ3v) is 6.19. The molecule has 1 saturated heterocycles. The van der Waals surface area contributed by atoms with E-state index in [0.717, 1.165) is 24.3 Å². The average Bonchev–Trinajstić information content (AvgIpc) is 3.46. The summed E-state index contributed by atoms with van der Waals surface area (Å²) in [6.45, 7) is 5.88. The van der Waals surface area contributed by atoms with Gasteiger partial charge in [-0.1, -0.05) is 12.1 Å². The van der Waals surface area contributed by atoms with Gasteiger partial charge in [0.05, 0.1) is 22.8 Å². The smallest absolute Gasteiger partial charge is 0.406 e. The molecule has 0 bridgehead atoms. The first kappa shape index (κ1) is 27.5. The summed E-state index contributed by atoms with van der Waals surface area (Å²) >= 11 is 0. The maximum atomic E-state index is 13.4. The van der Waals surface area contributed by atoms with Crippen LogP contribution in [0.1, 0.15) is 56.0 Å². The van der Waals surface area contributed by atoms with E-state index in [1.54, 1.807) is 23.0 Å². The number of benzene rings is 2. The Kier molecular flexibility index (Phi) is 7.21. The summed E-state index contributed by atoms with van der Waals surface area (Å²) in [6.07, 6.45) is -7.34. The predicted molar refractivity (Wildman–Crippen MR) is 127 cm³/mol. The first-order valence-corrected chi connectivity index (χ1v) is 11.8. The van der Waals surface area contributed by atoms with E-state index < -0.39 is 47.8 Å². The molecule has 38 heavy (non-hydrogen) atoms. The molecule has 1 aromatic heterocycles. The van der Waals surface area contributed by atoms with Crippen molar-refractivity contribution in [2.75, 3.05) is 5.32 Å². The van der Waals surface area contributed by atoms with Gasteiger partial charge in [0.25, 0.3) is 0 Å². The maximum Gasteiger partial charge on any atom is 0.573 e. The molecule has 2 heterocycles. The van der Waals surface area contributed by atoms with Gasteiger partial charge < -0.3 is 10.1 Å². The highest BCUT2D eigenvalue weighted by Crippen LogP contribution is 2.42. The molecule has 2 aromatic carbocycles. The van der Waals surface area contributed by atoms with Crippen LogP contribution in [0.5, 0.6) is 5.75 Å². The van der Waals surface area contributed by atoms with Gasteiger partial charge in [-0.3, -0.25) is 14.8 Å². The number of carbonyl (C=O) groups excluding carboxylic acids is 1. The van der Waals surface area contributed by atoms with Crippen LogP contribution in [-0.4, -0.2) is 28.1 Å². The molecule has 0 aliphatic carbocycles. The number of halogens is 6. The summed E-state index contributed by atoms with van der Waals surface area (Å²) in [5.41, 5.74) is 0.0968. The zero-order valence-electron chi connectivity index (χ0n) is 20.7. The monoisotopic (exact) mass is 540 g/mol. The van der Waals surface area contributed by atoms with Gasteiger partial charge in [-0.15, -0.1) is 13.2 Å². The van der Waals surface area contributed by atoms with Crippen LogP contribution in [-0.2, 0) is 16.5 Å². The van der Waals surface area contributed by atoms with Crippen molar-refractivity contribution in [3.63, 3.8) is 0 Å². The van der Waals surface area contributed by atoms with E-state index in [1.807, 2.05) is 20.8 Å². The quantitative estimate of drug-likeness (QED) is 0.369. The predicted octanol–water partition coefficient (Wildman–Crippen LogP) is 6.38. The molecule has 12 heteroatoms.